The van der Waals surface area contributed by atoms with Crippen molar-refractivity contribution in [2.75, 3.05) is 0 Å². The van der Waals surface area contributed by atoms with E-state index in [1.54, 1.807) is 30.8 Å². The molecule has 0 spiro atoms. The maximum Gasteiger partial charge on any atom is 0.126 e. The van der Waals surface area contributed by atoms with Crippen LogP contribution in [0.2, 0.25) is 5.02 Å². The van der Waals surface area contributed by atoms with Gasteiger partial charge in [0.05, 0.1) is 22.5 Å². The van der Waals surface area contributed by atoms with Crippen molar-refractivity contribution in [1.82, 2.24) is 9.78 Å². The van der Waals surface area contributed by atoms with Crippen LogP contribution in [-0.4, -0.2) is 14.9 Å². The van der Waals surface area contributed by atoms with Crippen molar-refractivity contribution in [3.05, 3.63) is 51.6 Å². The van der Waals surface area contributed by atoms with E-state index in [9.17, 15) is 9.50 Å². The quantitative estimate of drug-likeness (QED) is 0.939. The second kappa shape index (κ2) is 5.31. The van der Waals surface area contributed by atoms with Gasteiger partial charge in [-0.1, -0.05) is 23.7 Å². The second-order valence-corrected chi connectivity index (χ2v) is 5.08. The molecule has 0 radical (unpaired) electrons. The predicted octanol–water partition coefficient (Wildman–Crippen LogP) is 3.11. The number of nitrogens with zero attached hydrogens (tertiary/aromatic N) is 2. The number of halogens is 2. The van der Waals surface area contributed by atoms with Gasteiger partial charge in [-0.2, -0.15) is 5.10 Å². The Kier molecular flexibility index (Phi) is 3.92. The van der Waals surface area contributed by atoms with E-state index in [1.165, 1.54) is 6.07 Å². The normalized spacial score (nSPS) is 12.7. The van der Waals surface area contributed by atoms with E-state index in [4.69, 9.17) is 11.6 Å². The lowest BCUT2D eigenvalue weighted by molar-refractivity contribution is 0.175. The average Bonchev–Trinajstić information content (AvgIpc) is 2.59. The van der Waals surface area contributed by atoms with Gasteiger partial charge in [0.2, 0.25) is 0 Å². The van der Waals surface area contributed by atoms with Crippen LogP contribution in [-0.2, 0) is 13.5 Å². The highest BCUT2D eigenvalue weighted by Crippen LogP contribution is 2.26. The number of benzene rings is 1. The van der Waals surface area contributed by atoms with Crippen molar-refractivity contribution in [1.29, 1.82) is 0 Å². The Morgan fingerprint density at radius 2 is 2.11 bits per heavy atom. The molecule has 0 aliphatic carbocycles. The minimum absolute atomic E-state index is 0.273. The summed E-state index contributed by atoms with van der Waals surface area (Å²) in [4.78, 5) is 0. The average molecular weight is 283 g/mol. The lowest BCUT2D eigenvalue weighted by Crippen LogP contribution is -2.07. The SMILES string of the molecule is Cc1cc(C(O)Cc2c(Cl)c(C)nn2C)ccc1F. The van der Waals surface area contributed by atoms with Gasteiger partial charge in [-0.05, 0) is 31.0 Å². The van der Waals surface area contributed by atoms with Crippen LogP contribution in [0.3, 0.4) is 0 Å². The molecule has 2 aromatic rings. The molecule has 1 aromatic carbocycles. The fourth-order valence-electron chi connectivity index (χ4n) is 2.08. The second-order valence-electron chi connectivity index (χ2n) is 4.70. The maximum atomic E-state index is 13.2. The molecule has 0 aliphatic heterocycles. The summed E-state index contributed by atoms with van der Waals surface area (Å²) in [5.41, 5.74) is 2.70. The molecule has 102 valence electrons. The first-order chi connectivity index (χ1) is 8.90. The summed E-state index contributed by atoms with van der Waals surface area (Å²) in [6.07, 6.45) is -0.382. The molecule has 3 nitrogen and oxygen atoms in total. The standard InChI is InChI=1S/C14H16ClFN2O/c1-8-6-10(4-5-11(8)16)13(19)7-12-14(15)9(2)17-18(12)3/h4-6,13,19H,7H2,1-3H3. The minimum atomic E-state index is -0.730. The van der Waals surface area contributed by atoms with E-state index in [0.717, 1.165) is 11.4 Å². The Hall–Kier alpha value is -1.39. The highest BCUT2D eigenvalue weighted by Gasteiger charge is 2.17. The predicted molar refractivity (Wildman–Crippen MR) is 72.8 cm³/mol. The molecule has 1 aromatic heterocycles. The molecule has 2 rings (SSSR count). The van der Waals surface area contributed by atoms with Gasteiger partial charge in [-0.25, -0.2) is 4.39 Å². The van der Waals surface area contributed by atoms with Crippen molar-refractivity contribution < 1.29 is 9.50 Å². The van der Waals surface area contributed by atoms with Crippen LogP contribution in [0, 0.1) is 19.7 Å². The van der Waals surface area contributed by atoms with Gasteiger partial charge in [0.25, 0.3) is 0 Å². The molecule has 5 heteroatoms. The smallest absolute Gasteiger partial charge is 0.126 e. The first-order valence-corrected chi connectivity index (χ1v) is 6.40. The van der Waals surface area contributed by atoms with Gasteiger partial charge in [-0.15, -0.1) is 0 Å². The first kappa shape index (κ1) is 14.0. The van der Waals surface area contributed by atoms with Gasteiger partial charge in [-0.3, -0.25) is 4.68 Å². The number of aryl methyl sites for hydroxylation is 3. The van der Waals surface area contributed by atoms with Crippen LogP contribution >= 0.6 is 11.6 Å². The maximum absolute atomic E-state index is 13.2. The van der Waals surface area contributed by atoms with Crippen LogP contribution < -0.4 is 0 Å². The van der Waals surface area contributed by atoms with Crippen molar-refractivity contribution in [2.24, 2.45) is 7.05 Å². The van der Waals surface area contributed by atoms with E-state index in [0.29, 0.717) is 22.6 Å². The van der Waals surface area contributed by atoms with Crippen LogP contribution in [0.15, 0.2) is 18.2 Å². The fourth-order valence-corrected chi connectivity index (χ4v) is 2.32. The van der Waals surface area contributed by atoms with Crippen LogP contribution in [0.1, 0.15) is 28.6 Å². The molecular formula is C14H16ClFN2O. The van der Waals surface area contributed by atoms with Crippen LogP contribution in [0.25, 0.3) is 0 Å². The molecule has 1 N–H and O–H groups in total. The Morgan fingerprint density at radius 1 is 1.42 bits per heavy atom. The minimum Gasteiger partial charge on any atom is -0.388 e. The molecular weight excluding hydrogens is 267 g/mol. The molecule has 1 atom stereocenters. The zero-order valence-electron chi connectivity index (χ0n) is 11.1. The molecule has 0 bridgehead atoms. The van der Waals surface area contributed by atoms with E-state index in [-0.39, 0.29) is 5.82 Å². The largest absolute Gasteiger partial charge is 0.388 e. The number of aromatic nitrogens is 2. The lowest BCUT2D eigenvalue weighted by Gasteiger charge is -2.12. The van der Waals surface area contributed by atoms with Crippen molar-refractivity contribution in [3.8, 4) is 0 Å². The van der Waals surface area contributed by atoms with Crippen LogP contribution in [0.4, 0.5) is 4.39 Å². The van der Waals surface area contributed by atoms with Gasteiger partial charge in [0, 0.05) is 13.5 Å². The molecule has 0 saturated carbocycles. The molecule has 0 fully saturated rings. The summed E-state index contributed by atoms with van der Waals surface area (Å²) in [6, 6.07) is 4.60. The Balaban J connectivity index is 2.25. The van der Waals surface area contributed by atoms with Gasteiger partial charge in [0.15, 0.2) is 0 Å². The summed E-state index contributed by atoms with van der Waals surface area (Å²) in [7, 11) is 1.79. The number of hydrogen-bond acceptors (Lipinski definition) is 2. The third-order valence-electron chi connectivity index (χ3n) is 3.22. The lowest BCUT2D eigenvalue weighted by atomic mass is 10.0. The highest BCUT2D eigenvalue weighted by molar-refractivity contribution is 6.31. The monoisotopic (exact) mass is 282 g/mol. The Bertz CT molecular complexity index is 610. The summed E-state index contributed by atoms with van der Waals surface area (Å²) in [5, 5.41) is 15.0. The van der Waals surface area contributed by atoms with Gasteiger partial charge in [0.1, 0.15) is 5.82 Å². The van der Waals surface area contributed by atoms with E-state index < -0.39 is 6.10 Å². The highest BCUT2D eigenvalue weighted by atomic mass is 35.5. The zero-order valence-corrected chi connectivity index (χ0v) is 11.9. The first-order valence-electron chi connectivity index (χ1n) is 6.02. The molecule has 0 amide bonds. The third kappa shape index (κ3) is 2.80. The van der Waals surface area contributed by atoms with E-state index in [1.807, 2.05) is 6.92 Å². The topological polar surface area (TPSA) is 38.1 Å². The number of aliphatic hydroxyl groups is 1. The molecule has 0 aliphatic rings. The number of hydrogen-bond donors (Lipinski definition) is 1. The summed E-state index contributed by atoms with van der Waals surface area (Å²) < 4.78 is 14.9. The van der Waals surface area contributed by atoms with Gasteiger partial charge < -0.3 is 5.11 Å². The van der Waals surface area contributed by atoms with Crippen molar-refractivity contribution in [3.63, 3.8) is 0 Å². The van der Waals surface area contributed by atoms with E-state index in [2.05, 4.69) is 5.10 Å². The van der Waals surface area contributed by atoms with E-state index >= 15 is 0 Å². The fraction of sp³-hybridized carbons (Fsp3) is 0.357. The van der Waals surface area contributed by atoms with Crippen molar-refractivity contribution in [2.45, 2.75) is 26.4 Å². The van der Waals surface area contributed by atoms with Crippen LogP contribution in [0.5, 0.6) is 0 Å². The van der Waals surface area contributed by atoms with Gasteiger partial charge >= 0.3 is 0 Å². The molecule has 0 saturated heterocycles. The molecule has 19 heavy (non-hydrogen) atoms. The zero-order chi connectivity index (χ0) is 14.2. The number of rotatable bonds is 3. The summed E-state index contributed by atoms with van der Waals surface area (Å²) in [6.45, 7) is 3.49. The third-order valence-corrected chi connectivity index (χ3v) is 3.71. The summed E-state index contributed by atoms with van der Waals surface area (Å²) in [5.74, 6) is -0.273. The Labute approximate surface area is 116 Å². The summed E-state index contributed by atoms with van der Waals surface area (Å²) >= 11 is 6.15. The number of aliphatic hydroxyl groups excluding tert-OH is 1. The Morgan fingerprint density at radius 3 is 2.63 bits per heavy atom. The molecule has 1 heterocycles. The molecule has 1 unspecified atom stereocenters. The van der Waals surface area contributed by atoms with Crippen molar-refractivity contribution >= 4 is 11.6 Å².